The zero-order chi connectivity index (χ0) is 18.8. The highest BCUT2D eigenvalue weighted by molar-refractivity contribution is 5.55. The number of aliphatic hydroxyl groups excluding tert-OH is 3. The Kier molecular flexibility index (Phi) is 6.04. The molecule has 0 aromatic heterocycles. The Morgan fingerprint density at radius 2 is 1.84 bits per heavy atom. The van der Waals surface area contributed by atoms with E-state index in [0.717, 1.165) is 0 Å². The minimum Gasteiger partial charge on any atom is -0.504 e. The number of aliphatic hydroxyl groups is 5. The van der Waals surface area contributed by atoms with E-state index < -0.39 is 36.3 Å². The summed E-state index contributed by atoms with van der Waals surface area (Å²) in [5, 5.41) is 67.7. The molecule has 5 atom stereocenters. The molecule has 1 aliphatic rings. The van der Waals surface area contributed by atoms with E-state index in [1.165, 1.54) is 30.4 Å². The summed E-state index contributed by atoms with van der Waals surface area (Å²) in [5.74, 6) is -1.04. The molecule has 1 aliphatic carbocycles. The molecule has 2 rings (SSSR count). The number of aromatic hydroxyl groups is 2. The average molecular weight is 356 g/mol. The van der Waals surface area contributed by atoms with Crippen LogP contribution in [0.5, 0.6) is 11.5 Å². The van der Waals surface area contributed by atoms with Crippen molar-refractivity contribution >= 4 is 6.08 Å². The Hall–Kier alpha value is -1.68. The molecule has 8 nitrogen and oxygen atoms in total. The van der Waals surface area contributed by atoms with Gasteiger partial charge >= 0.3 is 0 Å². The van der Waals surface area contributed by atoms with Crippen LogP contribution in [0.3, 0.4) is 0 Å². The molecule has 1 fully saturated rings. The van der Waals surface area contributed by atoms with Gasteiger partial charge in [0.1, 0.15) is 5.60 Å². The van der Waals surface area contributed by atoms with Crippen molar-refractivity contribution in [1.82, 2.24) is 0 Å². The van der Waals surface area contributed by atoms with Gasteiger partial charge in [-0.25, -0.2) is 0 Å². The number of rotatable bonds is 5. The lowest BCUT2D eigenvalue weighted by atomic mass is 9.75. The molecule has 7 N–H and O–H groups in total. The Bertz CT molecular complexity index is 617. The van der Waals surface area contributed by atoms with Gasteiger partial charge in [0.05, 0.1) is 12.2 Å². The second-order valence-corrected chi connectivity index (χ2v) is 6.53. The summed E-state index contributed by atoms with van der Waals surface area (Å²) in [5.41, 5.74) is -1.33. The van der Waals surface area contributed by atoms with Crippen LogP contribution in [0.15, 0.2) is 24.3 Å². The number of ether oxygens (including phenoxy) is 1. The maximum absolute atomic E-state index is 10.2. The lowest BCUT2D eigenvalue weighted by Gasteiger charge is -2.43. The molecule has 5 unspecified atom stereocenters. The summed E-state index contributed by atoms with van der Waals surface area (Å²) < 4.78 is 5.32. The SMILES string of the molecule is CC1CC(O)(C(O)O)CC(OC(O)C=Cc2ccc(O)c(O)c2)C1O. The first-order valence-corrected chi connectivity index (χ1v) is 7.92. The standard InChI is InChI=1S/C17H24O8/c1-9-7-17(24,16(22)23)8-13(15(9)21)25-14(20)5-3-10-2-4-11(18)12(19)6-10/h2-6,9,13-16,18-24H,7-8H2,1H3. The van der Waals surface area contributed by atoms with E-state index in [9.17, 15) is 35.7 Å². The average Bonchev–Trinajstić information content (AvgIpc) is 2.53. The molecule has 0 spiro atoms. The Labute approximate surface area is 144 Å². The molecule has 8 heteroatoms. The van der Waals surface area contributed by atoms with Crippen LogP contribution in [0.2, 0.25) is 0 Å². The lowest BCUT2D eigenvalue weighted by molar-refractivity contribution is -0.250. The summed E-state index contributed by atoms with van der Waals surface area (Å²) in [7, 11) is 0. The monoisotopic (exact) mass is 356 g/mol. The number of benzene rings is 1. The summed E-state index contributed by atoms with van der Waals surface area (Å²) in [6, 6.07) is 4.09. The third-order valence-electron chi connectivity index (χ3n) is 4.44. The topological polar surface area (TPSA) is 151 Å². The molecule has 1 saturated carbocycles. The first-order chi connectivity index (χ1) is 11.6. The van der Waals surface area contributed by atoms with Crippen LogP contribution in [-0.2, 0) is 4.74 Å². The molecular formula is C17H24O8. The van der Waals surface area contributed by atoms with Crippen molar-refractivity contribution in [2.45, 2.75) is 50.2 Å². The van der Waals surface area contributed by atoms with Gasteiger partial charge in [0.2, 0.25) is 0 Å². The van der Waals surface area contributed by atoms with Crippen LogP contribution in [0.25, 0.3) is 6.08 Å². The van der Waals surface area contributed by atoms with E-state index in [0.29, 0.717) is 5.56 Å². The second-order valence-electron chi connectivity index (χ2n) is 6.53. The highest BCUT2D eigenvalue weighted by Gasteiger charge is 2.47. The molecule has 0 aliphatic heterocycles. The van der Waals surface area contributed by atoms with E-state index in [1.54, 1.807) is 6.92 Å². The van der Waals surface area contributed by atoms with E-state index in [1.807, 2.05) is 0 Å². The van der Waals surface area contributed by atoms with Crippen LogP contribution in [0.4, 0.5) is 0 Å². The third-order valence-corrected chi connectivity index (χ3v) is 4.44. The quantitative estimate of drug-likeness (QED) is 0.279. The number of phenols is 2. The molecule has 0 amide bonds. The summed E-state index contributed by atoms with van der Waals surface area (Å²) in [4.78, 5) is 0. The molecule has 1 aromatic carbocycles. The van der Waals surface area contributed by atoms with Gasteiger partial charge in [0.15, 0.2) is 24.1 Å². The summed E-state index contributed by atoms with van der Waals surface area (Å²) in [6.07, 6.45) is -2.96. The molecule has 140 valence electrons. The van der Waals surface area contributed by atoms with Crippen LogP contribution in [0, 0.1) is 5.92 Å². The van der Waals surface area contributed by atoms with Gasteiger partial charge in [-0.05, 0) is 36.1 Å². The van der Waals surface area contributed by atoms with Crippen LogP contribution in [0.1, 0.15) is 25.3 Å². The normalized spacial score (nSPS) is 31.6. The zero-order valence-corrected chi connectivity index (χ0v) is 13.7. The smallest absolute Gasteiger partial charge is 0.181 e. The van der Waals surface area contributed by atoms with E-state index in [4.69, 9.17) is 4.74 Å². The van der Waals surface area contributed by atoms with Crippen molar-refractivity contribution in [3.05, 3.63) is 29.8 Å². The van der Waals surface area contributed by atoms with Crippen molar-refractivity contribution in [2.24, 2.45) is 5.92 Å². The molecule has 0 saturated heterocycles. The van der Waals surface area contributed by atoms with Gasteiger partial charge in [-0.15, -0.1) is 0 Å². The summed E-state index contributed by atoms with van der Waals surface area (Å²) >= 11 is 0. The molecule has 1 aromatic rings. The van der Waals surface area contributed by atoms with Crippen molar-refractivity contribution < 1.29 is 40.5 Å². The molecule has 0 bridgehead atoms. The van der Waals surface area contributed by atoms with Crippen molar-refractivity contribution in [1.29, 1.82) is 0 Å². The van der Waals surface area contributed by atoms with Crippen LogP contribution < -0.4 is 0 Å². The van der Waals surface area contributed by atoms with E-state index in [-0.39, 0.29) is 24.3 Å². The summed E-state index contributed by atoms with van der Waals surface area (Å²) in [6.45, 7) is 1.63. The van der Waals surface area contributed by atoms with Crippen molar-refractivity contribution in [3.8, 4) is 11.5 Å². The van der Waals surface area contributed by atoms with Gasteiger partial charge < -0.3 is 40.5 Å². The minimum absolute atomic E-state index is 0.00951. The van der Waals surface area contributed by atoms with Gasteiger partial charge in [0, 0.05) is 6.42 Å². The first kappa shape index (κ1) is 19.6. The fourth-order valence-corrected chi connectivity index (χ4v) is 3.00. The number of hydrogen-bond donors (Lipinski definition) is 7. The molecular weight excluding hydrogens is 332 g/mol. The van der Waals surface area contributed by atoms with E-state index >= 15 is 0 Å². The van der Waals surface area contributed by atoms with Gasteiger partial charge in [-0.1, -0.05) is 19.1 Å². The van der Waals surface area contributed by atoms with Gasteiger partial charge in [-0.2, -0.15) is 0 Å². The van der Waals surface area contributed by atoms with E-state index in [2.05, 4.69) is 0 Å². The molecule has 25 heavy (non-hydrogen) atoms. The van der Waals surface area contributed by atoms with Crippen molar-refractivity contribution in [2.75, 3.05) is 0 Å². The lowest BCUT2D eigenvalue weighted by Crippen LogP contribution is -2.56. The fraction of sp³-hybridized carbons (Fsp3) is 0.529. The van der Waals surface area contributed by atoms with Crippen LogP contribution >= 0.6 is 0 Å². The Morgan fingerprint density at radius 3 is 2.44 bits per heavy atom. The minimum atomic E-state index is -1.98. The Morgan fingerprint density at radius 1 is 1.16 bits per heavy atom. The van der Waals surface area contributed by atoms with Crippen LogP contribution in [-0.4, -0.2) is 66.1 Å². The number of phenolic OH excluding ortho intramolecular Hbond substituents is 2. The first-order valence-electron chi connectivity index (χ1n) is 7.92. The third kappa shape index (κ3) is 4.69. The maximum atomic E-state index is 10.2. The van der Waals surface area contributed by atoms with Crippen molar-refractivity contribution in [3.63, 3.8) is 0 Å². The molecule has 0 radical (unpaired) electrons. The molecule has 0 heterocycles. The Balaban J connectivity index is 2.03. The maximum Gasteiger partial charge on any atom is 0.181 e. The fourth-order valence-electron chi connectivity index (χ4n) is 3.00. The highest BCUT2D eigenvalue weighted by Crippen LogP contribution is 2.36. The van der Waals surface area contributed by atoms with Gasteiger partial charge in [-0.3, -0.25) is 0 Å². The predicted molar refractivity (Wildman–Crippen MR) is 87.3 cm³/mol. The second kappa shape index (κ2) is 7.69. The largest absolute Gasteiger partial charge is 0.504 e. The predicted octanol–water partition coefficient (Wildman–Crippen LogP) is -0.353. The van der Waals surface area contributed by atoms with Gasteiger partial charge in [0.25, 0.3) is 0 Å². The zero-order valence-electron chi connectivity index (χ0n) is 13.7. The highest BCUT2D eigenvalue weighted by atomic mass is 16.6. The number of hydrogen-bond acceptors (Lipinski definition) is 8.